The summed E-state index contributed by atoms with van der Waals surface area (Å²) < 4.78 is 1.22. The Kier molecular flexibility index (Phi) is 4.95. The third-order valence-corrected chi connectivity index (χ3v) is 5.34. The fraction of sp³-hybridized carbons (Fsp3) is 0.222. The number of nitrogens with zero attached hydrogens (tertiary/aromatic N) is 3. The summed E-state index contributed by atoms with van der Waals surface area (Å²) in [5, 5.41) is 3.07. The van der Waals surface area contributed by atoms with Gasteiger partial charge in [-0.05, 0) is 36.8 Å². The topological polar surface area (TPSA) is 110 Å². The first-order valence-electron chi connectivity index (χ1n) is 8.13. The number of aromatic nitrogens is 2. The zero-order valence-corrected chi connectivity index (χ0v) is 16.0. The van der Waals surface area contributed by atoms with E-state index in [0.29, 0.717) is 26.3 Å². The van der Waals surface area contributed by atoms with Crippen LogP contribution in [0, 0.1) is 6.92 Å². The molecule has 27 heavy (non-hydrogen) atoms. The minimum Gasteiger partial charge on any atom is -0.378 e. The highest BCUT2D eigenvalue weighted by molar-refractivity contribution is 7.20. The number of hydrogen-bond donors (Lipinski definition) is 2. The standard InChI is InChI=1S/C18H19N5O3S/c1-10-14-17(27-15(10)16(19)25)20-9-23(18(14)26)8-13(24)21-11-4-6-12(7-5-11)22(2)3/h4-7,9H,8H2,1-3H3,(H2,19,25)(H,21,24). The van der Waals surface area contributed by atoms with Crippen LogP contribution in [0.2, 0.25) is 0 Å². The Hall–Kier alpha value is -3.20. The van der Waals surface area contributed by atoms with Crippen molar-refractivity contribution in [2.75, 3.05) is 24.3 Å². The first-order valence-corrected chi connectivity index (χ1v) is 8.95. The molecule has 3 N–H and O–H groups in total. The molecule has 2 heterocycles. The molecule has 8 nitrogen and oxygen atoms in total. The van der Waals surface area contributed by atoms with Crippen LogP contribution in [0.5, 0.6) is 0 Å². The lowest BCUT2D eigenvalue weighted by Crippen LogP contribution is -2.28. The molecule has 0 fully saturated rings. The van der Waals surface area contributed by atoms with Crippen LogP contribution in [-0.2, 0) is 11.3 Å². The molecule has 0 spiro atoms. The minimum atomic E-state index is -0.597. The molecule has 0 saturated heterocycles. The van der Waals surface area contributed by atoms with E-state index in [0.717, 1.165) is 17.0 Å². The van der Waals surface area contributed by atoms with Gasteiger partial charge in [-0.1, -0.05) is 0 Å². The van der Waals surface area contributed by atoms with Gasteiger partial charge >= 0.3 is 0 Å². The lowest BCUT2D eigenvalue weighted by molar-refractivity contribution is -0.116. The summed E-state index contributed by atoms with van der Waals surface area (Å²) in [6, 6.07) is 7.35. The quantitative estimate of drug-likeness (QED) is 0.693. The Balaban J connectivity index is 1.82. The van der Waals surface area contributed by atoms with Crippen molar-refractivity contribution < 1.29 is 9.59 Å². The summed E-state index contributed by atoms with van der Waals surface area (Å²) in [6.07, 6.45) is 1.31. The van der Waals surface area contributed by atoms with Crippen LogP contribution < -0.4 is 21.5 Å². The number of benzene rings is 1. The normalized spacial score (nSPS) is 10.8. The molecule has 2 amide bonds. The largest absolute Gasteiger partial charge is 0.378 e. The van der Waals surface area contributed by atoms with Crippen LogP contribution in [-0.4, -0.2) is 35.5 Å². The number of nitrogens with one attached hydrogen (secondary N) is 1. The molecular formula is C18H19N5O3S. The molecule has 3 rings (SSSR count). The molecule has 0 radical (unpaired) electrons. The van der Waals surface area contributed by atoms with E-state index in [1.807, 2.05) is 31.1 Å². The summed E-state index contributed by atoms with van der Waals surface area (Å²) in [4.78, 5) is 43.3. The van der Waals surface area contributed by atoms with Crippen molar-refractivity contribution in [1.29, 1.82) is 0 Å². The summed E-state index contributed by atoms with van der Waals surface area (Å²) >= 11 is 1.08. The Morgan fingerprint density at radius 3 is 2.52 bits per heavy atom. The number of hydrogen-bond acceptors (Lipinski definition) is 6. The van der Waals surface area contributed by atoms with Gasteiger partial charge in [-0.2, -0.15) is 0 Å². The van der Waals surface area contributed by atoms with Gasteiger partial charge in [-0.3, -0.25) is 19.0 Å². The molecular weight excluding hydrogens is 366 g/mol. The predicted octanol–water partition coefficient (Wildman–Crippen LogP) is 1.57. The number of amides is 2. The Morgan fingerprint density at radius 1 is 1.26 bits per heavy atom. The molecule has 0 aliphatic heterocycles. The average Bonchev–Trinajstić information content (AvgIpc) is 2.95. The van der Waals surface area contributed by atoms with E-state index in [-0.39, 0.29) is 18.0 Å². The van der Waals surface area contributed by atoms with E-state index in [1.54, 1.807) is 19.1 Å². The van der Waals surface area contributed by atoms with Crippen LogP contribution in [0.15, 0.2) is 35.4 Å². The number of aryl methyl sites for hydroxylation is 1. The maximum atomic E-state index is 12.7. The highest BCUT2D eigenvalue weighted by atomic mass is 32.1. The predicted molar refractivity (Wildman–Crippen MR) is 107 cm³/mol. The van der Waals surface area contributed by atoms with Crippen molar-refractivity contribution >= 4 is 44.7 Å². The molecule has 0 aliphatic rings. The Morgan fingerprint density at radius 2 is 1.93 bits per heavy atom. The second-order valence-corrected chi connectivity index (χ2v) is 7.27. The van der Waals surface area contributed by atoms with E-state index in [4.69, 9.17) is 5.73 Å². The van der Waals surface area contributed by atoms with Crippen molar-refractivity contribution in [3.63, 3.8) is 0 Å². The van der Waals surface area contributed by atoms with Crippen LogP contribution in [0.25, 0.3) is 10.2 Å². The fourth-order valence-corrected chi connectivity index (χ4v) is 3.70. The number of primary amides is 1. The first kappa shape index (κ1) is 18.6. The fourth-order valence-electron chi connectivity index (χ4n) is 2.70. The smallest absolute Gasteiger partial charge is 0.262 e. The van der Waals surface area contributed by atoms with E-state index in [1.165, 1.54) is 10.9 Å². The van der Waals surface area contributed by atoms with E-state index in [2.05, 4.69) is 10.3 Å². The number of anilines is 2. The molecule has 140 valence electrons. The van der Waals surface area contributed by atoms with Crippen LogP contribution in [0.1, 0.15) is 15.2 Å². The van der Waals surface area contributed by atoms with Gasteiger partial charge in [-0.15, -0.1) is 11.3 Å². The second-order valence-electron chi connectivity index (χ2n) is 6.27. The number of carbonyl (C=O) groups is 2. The van der Waals surface area contributed by atoms with Crippen molar-refractivity contribution in [2.45, 2.75) is 13.5 Å². The minimum absolute atomic E-state index is 0.182. The molecule has 9 heteroatoms. The molecule has 0 atom stereocenters. The van der Waals surface area contributed by atoms with Gasteiger partial charge in [0.1, 0.15) is 11.4 Å². The first-order chi connectivity index (χ1) is 12.8. The molecule has 0 bridgehead atoms. The maximum absolute atomic E-state index is 12.7. The molecule has 0 aliphatic carbocycles. The summed E-state index contributed by atoms with van der Waals surface area (Å²) in [5.74, 6) is -0.945. The highest BCUT2D eigenvalue weighted by Crippen LogP contribution is 2.26. The summed E-state index contributed by atoms with van der Waals surface area (Å²) in [5.41, 5.74) is 7.09. The molecule has 0 unspecified atom stereocenters. The number of nitrogens with two attached hydrogens (primary N) is 1. The van der Waals surface area contributed by atoms with Gasteiger partial charge in [0.05, 0.1) is 16.6 Å². The number of rotatable bonds is 5. The van der Waals surface area contributed by atoms with Crippen LogP contribution in [0.4, 0.5) is 11.4 Å². The van der Waals surface area contributed by atoms with E-state index in [9.17, 15) is 14.4 Å². The monoisotopic (exact) mass is 385 g/mol. The average molecular weight is 385 g/mol. The molecule has 0 saturated carbocycles. The lowest BCUT2D eigenvalue weighted by Gasteiger charge is -2.13. The van der Waals surface area contributed by atoms with E-state index >= 15 is 0 Å². The second kappa shape index (κ2) is 7.20. The van der Waals surface area contributed by atoms with Gasteiger partial charge < -0.3 is 16.0 Å². The Labute approximate surface area is 159 Å². The zero-order valence-electron chi connectivity index (χ0n) is 15.1. The van der Waals surface area contributed by atoms with Gasteiger partial charge in [0.2, 0.25) is 5.91 Å². The SMILES string of the molecule is Cc1c(C(N)=O)sc2ncn(CC(=O)Nc3ccc(N(C)C)cc3)c(=O)c12. The van der Waals surface area contributed by atoms with Crippen molar-refractivity contribution in [3.05, 3.63) is 51.4 Å². The summed E-state index contributed by atoms with van der Waals surface area (Å²) in [7, 11) is 3.86. The van der Waals surface area contributed by atoms with Crippen molar-refractivity contribution in [1.82, 2.24) is 9.55 Å². The van der Waals surface area contributed by atoms with Gasteiger partial charge in [-0.25, -0.2) is 4.98 Å². The van der Waals surface area contributed by atoms with E-state index < -0.39 is 5.91 Å². The lowest BCUT2D eigenvalue weighted by atomic mass is 10.2. The van der Waals surface area contributed by atoms with Gasteiger partial charge in [0.15, 0.2) is 0 Å². The summed E-state index contributed by atoms with van der Waals surface area (Å²) in [6.45, 7) is 1.47. The van der Waals surface area contributed by atoms with Crippen molar-refractivity contribution in [3.8, 4) is 0 Å². The molecule has 1 aromatic carbocycles. The zero-order chi connectivity index (χ0) is 19.7. The van der Waals surface area contributed by atoms with Crippen LogP contribution in [0.3, 0.4) is 0 Å². The van der Waals surface area contributed by atoms with Gasteiger partial charge in [0.25, 0.3) is 11.5 Å². The third-order valence-electron chi connectivity index (χ3n) is 4.12. The molecule has 2 aromatic heterocycles. The number of thiophene rings is 1. The number of fused-ring (bicyclic) bond motifs is 1. The highest BCUT2D eigenvalue weighted by Gasteiger charge is 2.18. The van der Waals surface area contributed by atoms with Crippen LogP contribution >= 0.6 is 11.3 Å². The molecule has 3 aromatic rings. The maximum Gasteiger partial charge on any atom is 0.262 e. The Bertz CT molecular complexity index is 1080. The number of carbonyl (C=O) groups excluding carboxylic acids is 2. The third kappa shape index (κ3) is 3.68. The van der Waals surface area contributed by atoms with Crippen molar-refractivity contribution in [2.24, 2.45) is 5.73 Å². The van der Waals surface area contributed by atoms with Gasteiger partial charge in [0, 0.05) is 25.5 Å².